The largest absolute Gasteiger partial charge is 0.333 e. The van der Waals surface area contributed by atoms with Gasteiger partial charge in [-0.15, -0.1) is 0 Å². The lowest BCUT2D eigenvalue weighted by Crippen LogP contribution is -2.34. The molecule has 0 saturated heterocycles. The van der Waals surface area contributed by atoms with Crippen LogP contribution in [0.15, 0.2) is 12.4 Å². The maximum Gasteiger partial charge on any atom is 0.211 e. The monoisotopic (exact) mass is 324 g/mol. The molecule has 0 amide bonds. The number of aryl methyl sites for hydroxylation is 2. The van der Waals surface area contributed by atoms with Crippen molar-refractivity contribution >= 4 is 10.0 Å². The lowest BCUT2D eigenvalue weighted by molar-refractivity contribution is 0.301. The minimum Gasteiger partial charge on any atom is -0.333 e. The van der Waals surface area contributed by atoms with E-state index < -0.39 is 10.0 Å². The van der Waals surface area contributed by atoms with E-state index in [4.69, 9.17) is 0 Å². The summed E-state index contributed by atoms with van der Waals surface area (Å²) in [5, 5.41) is 4.38. The third-order valence-corrected chi connectivity index (χ3v) is 5.12. The van der Waals surface area contributed by atoms with Crippen molar-refractivity contribution in [3.8, 4) is 0 Å². The molecule has 3 rings (SSSR count). The van der Waals surface area contributed by atoms with Crippen LogP contribution in [0.2, 0.25) is 0 Å². The highest BCUT2D eigenvalue weighted by Crippen LogP contribution is 2.19. The molecule has 0 bridgehead atoms. The van der Waals surface area contributed by atoms with Crippen LogP contribution < -0.4 is 0 Å². The average Bonchev–Trinajstić information content (AvgIpc) is 2.90. The zero-order valence-electron chi connectivity index (χ0n) is 13.0. The Bertz CT molecular complexity index is 778. The van der Waals surface area contributed by atoms with Gasteiger partial charge < -0.3 is 4.57 Å². The average molecular weight is 324 g/mol. The van der Waals surface area contributed by atoms with Crippen molar-refractivity contribution in [3.63, 3.8) is 0 Å². The number of rotatable bonds is 3. The van der Waals surface area contributed by atoms with E-state index in [2.05, 4.69) is 15.1 Å². The smallest absolute Gasteiger partial charge is 0.211 e. The van der Waals surface area contributed by atoms with E-state index in [1.165, 1.54) is 10.6 Å². The van der Waals surface area contributed by atoms with Gasteiger partial charge in [0.25, 0.3) is 0 Å². The fraction of sp³-hybridized carbons (Fsp3) is 0.615. The second-order valence-corrected chi connectivity index (χ2v) is 7.79. The first kappa shape index (κ1) is 15.2. The van der Waals surface area contributed by atoms with Gasteiger partial charge >= 0.3 is 0 Å². The zero-order chi connectivity index (χ0) is 15.9. The van der Waals surface area contributed by atoms with Crippen LogP contribution >= 0.6 is 0 Å². The van der Waals surface area contributed by atoms with Crippen molar-refractivity contribution in [2.75, 3.05) is 12.8 Å². The molecule has 120 valence electrons. The van der Waals surface area contributed by atoms with E-state index in [1.807, 2.05) is 29.3 Å². The molecule has 2 aromatic rings. The van der Waals surface area contributed by atoms with Crippen molar-refractivity contribution in [2.45, 2.75) is 33.5 Å². The van der Waals surface area contributed by atoms with Gasteiger partial charge in [0.15, 0.2) is 0 Å². The van der Waals surface area contributed by atoms with Crippen molar-refractivity contribution in [3.05, 3.63) is 29.9 Å². The molecule has 1 atom stereocenters. The number of hydrogen-bond acceptors (Lipinski definition) is 5. The molecule has 3 heterocycles. The lowest BCUT2D eigenvalue weighted by atomic mass is 10.1. The van der Waals surface area contributed by atoms with Gasteiger partial charge in [0, 0.05) is 37.9 Å². The Morgan fingerprint density at radius 2 is 2.09 bits per heavy atom. The van der Waals surface area contributed by atoms with Gasteiger partial charge in [-0.3, -0.25) is 0 Å². The highest BCUT2D eigenvalue weighted by molar-refractivity contribution is 7.88. The summed E-state index contributed by atoms with van der Waals surface area (Å²) in [6.45, 7) is 5.90. The molecule has 1 unspecified atom stereocenters. The molecular weight excluding hydrogens is 304 g/mol. The quantitative estimate of drug-likeness (QED) is 0.804. The first-order valence-electron chi connectivity index (χ1n) is 7.16. The fourth-order valence-electron chi connectivity index (χ4n) is 2.85. The molecule has 0 aliphatic carbocycles. The van der Waals surface area contributed by atoms with E-state index in [1.54, 1.807) is 6.20 Å². The first-order chi connectivity index (χ1) is 10.3. The van der Waals surface area contributed by atoms with Crippen LogP contribution in [0.4, 0.5) is 0 Å². The third kappa shape index (κ3) is 3.05. The Morgan fingerprint density at radius 1 is 1.32 bits per heavy atom. The maximum absolute atomic E-state index is 12.0. The number of hydrogen-bond donors (Lipinski definition) is 0. The third-order valence-electron chi connectivity index (χ3n) is 3.90. The minimum atomic E-state index is -3.27. The molecule has 0 spiro atoms. The highest BCUT2D eigenvalue weighted by Gasteiger charge is 2.28. The lowest BCUT2D eigenvalue weighted by Gasteiger charge is -2.21. The predicted molar refractivity (Wildman–Crippen MR) is 80.5 cm³/mol. The standard InChI is InChI=1S/C13H20N6O2S/c1-10-15-11(2)19(16-10)8-12-6-17-5-4-14-13(17)9-18(7-12)22(3,20)21/h4-5,12H,6-9H2,1-3H3. The molecule has 0 aromatic carbocycles. The number of sulfonamides is 1. The molecule has 1 aliphatic rings. The number of imidazole rings is 1. The van der Waals surface area contributed by atoms with Gasteiger partial charge in [0.05, 0.1) is 12.8 Å². The van der Waals surface area contributed by atoms with Crippen LogP contribution in [0.1, 0.15) is 17.5 Å². The first-order valence-corrected chi connectivity index (χ1v) is 9.01. The number of aromatic nitrogens is 5. The van der Waals surface area contributed by atoms with Gasteiger partial charge in [-0.05, 0) is 13.8 Å². The zero-order valence-corrected chi connectivity index (χ0v) is 13.8. The van der Waals surface area contributed by atoms with Gasteiger partial charge in [-0.25, -0.2) is 23.1 Å². The Hall–Kier alpha value is -1.74. The van der Waals surface area contributed by atoms with Gasteiger partial charge in [-0.1, -0.05) is 0 Å². The van der Waals surface area contributed by atoms with E-state index >= 15 is 0 Å². The van der Waals surface area contributed by atoms with Gasteiger partial charge in [-0.2, -0.15) is 9.40 Å². The summed E-state index contributed by atoms with van der Waals surface area (Å²) in [4.78, 5) is 8.57. The van der Waals surface area contributed by atoms with Crippen LogP contribution in [0, 0.1) is 19.8 Å². The summed E-state index contributed by atoms with van der Waals surface area (Å²) in [5.74, 6) is 2.47. The molecular formula is C13H20N6O2S. The van der Waals surface area contributed by atoms with Crippen LogP contribution in [0.5, 0.6) is 0 Å². The normalized spacial score (nSPS) is 19.9. The van der Waals surface area contributed by atoms with Gasteiger partial charge in [0.1, 0.15) is 17.5 Å². The summed E-state index contributed by atoms with van der Waals surface area (Å²) >= 11 is 0. The van der Waals surface area contributed by atoms with Crippen molar-refractivity contribution in [1.29, 1.82) is 0 Å². The number of fused-ring (bicyclic) bond motifs is 1. The van der Waals surface area contributed by atoms with E-state index in [0.29, 0.717) is 19.6 Å². The second kappa shape index (κ2) is 5.47. The minimum absolute atomic E-state index is 0.116. The van der Waals surface area contributed by atoms with Gasteiger partial charge in [0.2, 0.25) is 10.0 Å². The topological polar surface area (TPSA) is 85.9 Å². The molecule has 8 nitrogen and oxygen atoms in total. The SMILES string of the molecule is Cc1nc(C)n(CC2CN(S(C)(=O)=O)Cc3nccn3C2)n1. The van der Waals surface area contributed by atoms with Crippen molar-refractivity contribution in [2.24, 2.45) is 5.92 Å². The van der Waals surface area contributed by atoms with E-state index in [0.717, 1.165) is 24.0 Å². The molecule has 0 N–H and O–H groups in total. The summed E-state index contributed by atoms with van der Waals surface area (Å²) in [7, 11) is -3.27. The Morgan fingerprint density at radius 3 is 2.73 bits per heavy atom. The van der Waals surface area contributed by atoms with E-state index in [9.17, 15) is 8.42 Å². The van der Waals surface area contributed by atoms with Crippen LogP contribution in [-0.4, -0.2) is 49.8 Å². The fourth-order valence-corrected chi connectivity index (χ4v) is 3.68. The molecule has 22 heavy (non-hydrogen) atoms. The summed E-state index contributed by atoms with van der Waals surface area (Å²) in [6.07, 6.45) is 4.85. The van der Waals surface area contributed by atoms with Crippen LogP contribution in [-0.2, 0) is 29.7 Å². The summed E-state index contributed by atoms with van der Waals surface area (Å²) in [5.41, 5.74) is 0. The Balaban J connectivity index is 1.89. The number of nitrogens with zero attached hydrogens (tertiary/aromatic N) is 6. The van der Waals surface area contributed by atoms with Crippen molar-refractivity contribution < 1.29 is 8.42 Å². The molecule has 0 radical (unpaired) electrons. The highest BCUT2D eigenvalue weighted by atomic mass is 32.2. The molecule has 9 heteroatoms. The molecule has 1 aliphatic heterocycles. The van der Waals surface area contributed by atoms with Crippen molar-refractivity contribution in [1.82, 2.24) is 28.6 Å². The summed E-state index contributed by atoms with van der Waals surface area (Å²) in [6, 6.07) is 0. The van der Waals surface area contributed by atoms with Crippen LogP contribution in [0.25, 0.3) is 0 Å². The summed E-state index contributed by atoms with van der Waals surface area (Å²) < 4.78 is 29.3. The van der Waals surface area contributed by atoms with E-state index in [-0.39, 0.29) is 5.92 Å². The molecule has 0 saturated carbocycles. The predicted octanol–water partition coefficient (Wildman–Crippen LogP) is 0.183. The Labute approximate surface area is 129 Å². The maximum atomic E-state index is 12.0. The molecule has 0 fully saturated rings. The second-order valence-electron chi connectivity index (χ2n) is 5.81. The Kier molecular flexibility index (Phi) is 3.77. The molecule has 2 aromatic heterocycles. The van der Waals surface area contributed by atoms with Crippen LogP contribution in [0.3, 0.4) is 0 Å².